The summed E-state index contributed by atoms with van der Waals surface area (Å²) in [5.41, 5.74) is 2.02. The van der Waals surface area contributed by atoms with Crippen molar-refractivity contribution in [1.29, 1.82) is 0 Å². The summed E-state index contributed by atoms with van der Waals surface area (Å²) in [5, 5.41) is 3.72. The molecule has 0 saturated heterocycles. The Morgan fingerprint density at radius 2 is 1.81 bits per heavy atom. The lowest BCUT2D eigenvalue weighted by atomic mass is 9.69. The van der Waals surface area contributed by atoms with Crippen molar-refractivity contribution < 1.29 is 0 Å². The summed E-state index contributed by atoms with van der Waals surface area (Å²) >= 11 is 0. The fourth-order valence-electron chi connectivity index (χ4n) is 4.53. The van der Waals surface area contributed by atoms with Crippen LogP contribution in [-0.2, 0) is 0 Å². The van der Waals surface area contributed by atoms with Gasteiger partial charge in [0.2, 0.25) is 0 Å². The van der Waals surface area contributed by atoms with E-state index in [1.807, 2.05) is 0 Å². The summed E-state index contributed by atoms with van der Waals surface area (Å²) in [5.74, 6) is 0.905. The van der Waals surface area contributed by atoms with Crippen LogP contribution >= 0.6 is 0 Å². The molecule has 1 fully saturated rings. The third kappa shape index (κ3) is 3.90. The second-order valence-corrected chi connectivity index (χ2v) is 7.63. The van der Waals surface area contributed by atoms with E-state index in [4.69, 9.17) is 0 Å². The Kier molecular flexibility index (Phi) is 6.31. The topological polar surface area (TPSA) is 15.3 Å². The zero-order chi connectivity index (χ0) is 15.3. The van der Waals surface area contributed by atoms with Crippen LogP contribution in [0.25, 0.3) is 0 Å². The first-order chi connectivity index (χ1) is 10.1. The van der Waals surface area contributed by atoms with Crippen LogP contribution in [0.5, 0.6) is 0 Å². The van der Waals surface area contributed by atoms with E-state index in [9.17, 15) is 0 Å². The molecule has 0 heterocycles. The molecule has 2 rings (SSSR count). The minimum atomic E-state index is 0.326. The van der Waals surface area contributed by atoms with Gasteiger partial charge in [0.1, 0.15) is 0 Å². The molecule has 0 radical (unpaired) electrons. The van der Waals surface area contributed by atoms with Gasteiger partial charge >= 0.3 is 0 Å². The smallest absolute Gasteiger partial charge is 0.0463 e. The van der Waals surface area contributed by atoms with Gasteiger partial charge in [-0.15, -0.1) is 0 Å². The molecule has 0 amide bonds. The van der Waals surface area contributed by atoms with Crippen molar-refractivity contribution in [2.45, 2.75) is 82.7 Å². The van der Waals surface area contributed by atoms with Gasteiger partial charge in [-0.3, -0.25) is 0 Å². The molecule has 1 saturated carbocycles. The number of nitrogens with one attached hydrogen (secondary N) is 1. The van der Waals surface area contributed by atoms with Gasteiger partial charge in [-0.05, 0) is 78.4 Å². The maximum absolute atomic E-state index is 3.72. The summed E-state index contributed by atoms with van der Waals surface area (Å²) < 4.78 is 0. The number of hydrogen-bond acceptors (Lipinski definition) is 2. The number of nitrogens with zero attached hydrogens (tertiary/aromatic N) is 1. The van der Waals surface area contributed by atoms with Crippen LogP contribution in [-0.4, -0.2) is 37.6 Å². The molecule has 2 nitrogen and oxygen atoms in total. The lowest BCUT2D eigenvalue weighted by Gasteiger charge is -2.50. The van der Waals surface area contributed by atoms with Crippen molar-refractivity contribution in [3.8, 4) is 0 Å². The number of hydrogen-bond donors (Lipinski definition) is 1. The van der Waals surface area contributed by atoms with Crippen LogP contribution in [0, 0.1) is 5.92 Å². The van der Waals surface area contributed by atoms with Crippen LogP contribution in [0.4, 0.5) is 0 Å². The summed E-state index contributed by atoms with van der Waals surface area (Å²) in [7, 11) is 6.77. The Labute approximate surface area is 132 Å². The minimum absolute atomic E-state index is 0.326. The Balaban J connectivity index is 2.22. The summed E-state index contributed by atoms with van der Waals surface area (Å²) in [6, 6.07) is 0.540. The average molecular weight is 293 g/mol. The molecule has 0 aromatic carbocycles. The van der Waals surface area contributed by atoms with Crippen LogP contribution in [0.3, 0.4) is 0 Å². The molecule has 0 bridgehead atoms. The molecular weight excluding hydrogens is 256 g/mol. The van der Waals surface area contributed by atoms with Crippen molar-refractivity contribution in [1.82, 2.24) is 10.2 Å². The Hall–Kier alpha value is -0.340. The lowest BCUT2D eigenvalue weighted by molar-refractivity contribution is 0.0564. The first-order valence-electron chi connectivity index (χ1n) is 9.14. The van der Waals surface area contributed by atoms with Gasteiger partial charge in [0, 0.05) is 11.6 Å². The molecular formula is C19H36N2. The van der Waals surface area contributed by atoms with Crippen molar-refractivity contribution >= 4 is 0 Å². The van der Waals surface area contributed by atoms with E-state index < -0.39 is 0 Å². The third-order valence-electron chi connectivity index (χ3n) is 6.05. The molecule has 0 aliphatic heterocycles. The van der Waals surface area contributed by atoms with Crippen molar-refractivity contribution in [3.63, 3.8) is 0 Å². The molecule has 1 unspecified atom stereocenters. The molecule has 2 aliphatic rings. The van der Waals surface area contributed by atoms with Crippen molar-refractivity contribution in [2.75, 3.05) is 21.1 Å². The first kappa shape index (κ1) is 17.0. The van der Waals surface area contributed by atoms with E-state index in [0.717, 1.165) is 5.92 Å². The Morgan fingerprint density at radius 3 is 2.43 bits per heavy atom. The molecule has 122 valence electrons. The SMILES string of the molecule is CNC(C1=CCCCCCC1)C1(N(C)C)CCC(C)CC1. The van der Waals surface area contributed by atoms with Gasteiger partial charge in [0.15, 0.2) is 0 Å². The fraction of sp³-hybridized carbons (Fsp3) is 0.895. The van der Waals surface area contributed by atoms with E-state index in [0.29, 0.717) is 11.6 Å². The Morgan fingerprint density at radius 1 is 1.14 bits per heavy atom. The molecule has 21 heavy (non-hydrogen) atoms. The standard InChI is InChI=1S/C19H36N2/c1-16-12-14-19(15-13-16,21(3)4)18(20-2)17-10-8-6-5-7-9-11-17/h10,16,18,20H,5-9,11-15H2,1-4H3. The zero-order valence-electron chi connectivity index (χ0n) is 14.8. The highest BCUT2D eigenvalue weighted by Crippen LogP contribution is 2.41. The van der Waals surface area contributed by atoms with E-state index in [2.05, 4.69) is 44.4 Å². The monoisotopic (exact) mass is 292 g/mol. The van der Waals surface area contributed by atoms with Gasteiger partial charge in [-0.1, -0.05) is 31.4 Å². The molecule has 0 spiro atoms. The lowest BCUT2D eigenvalue weighted by Crippen LogP contribution is -2.60. The quantitative estimate of drug-likeness (QED) is 0.774. The van der Waals surface area contributed by atoms with E-state index in [-0.39, 0.29) is 0 Å². The molecule has 2 aliphatic carbocycles. The van der Waals surface area contributed by atoms with Gasteiger partial charge in [-0.25, -0.2) is 0 Å². The fourth-order valence-corrected chi connectivity index (χ4v) is 4.53. The molecule has 0 aromatic rings. The molecule has 1 N–H and O–H groups in total. The predicted molar refractivity (Wildman–Crippen MR) is 92.7 cm³/mol. The average Bonchev–Trinajstić information content (AvgIpc) is 2.43. The van der Waals surface area contributed by atoms with E-state index >= 15 is 0 Å². The maximum atomic E-state index is 3.72. The number of likely N-dealkylation sites (N-methyl/N-ethyl adjacent to an activating group) is 2. The minimum Gasteiger partial charge on any atom is -0.312 e. The second kappa shape index (κ2) is 7.78. The number of rotatable bonds is 4. The van der Waals surface area contributed by atoms with Gasteiger partial charge in [0.05, 0.1) is 0 Å². The van der Waals surface area contributed by atoms with E-state index in [1.54, 1.807) is 5.57 Å². The number of allylic oxidation sites excluding steroid dienone is 1. The van der Waals surface area contributed by atoms with E-state index in [1.165, 1.54) is 64.2 Å². The third-order valence-corrected chi connectivity index (χ3v) is 6.05. The molecule has 0 aromatic heterocycles. The summed E-state index contributed by atoms with van der Waals surface area (Å²) in [4.78, 5) is 2.53. The van der Waals surface area contributed by atoms with Crippen LogP contribution in [0.15, 0.2) is 11.6 Å². The highest BCUT2D eigenvalue weighted by molar-refractivity contribution is 5.21. The van der Waals surface area contributed by atoms with Gasteiger partial charge in [-0.2, -0.15) is 0 Å². The van der Waals surface area contributed by atoms with Crippen LogP contribution < -0.4 is 5.32 Å². The maximum Gasteiger partial charge on any atom is 0.0463 e. The van der Waals surface area contributed by atoms with Crippen molar-refractivity contribution in [2.24, 2.45) is 5.92 Å². The highest BCUT2D eigenvalue weighted by Gasteiger charge is 2.43. The normalized spacial score (nSPS) is 33.2. The van der Waals surface area contributed by atoms with Crippen molar-refractivity contribution in [3.05, 3.63) is 11.6 Å². The summed E-state index contributed by atoms with van der Waals surface area (Å²) in [6.07, 6.45) is 16.2. The van der Waals surface area contributed by atoms with Gasteiger partial charge in [0.25, 0.3) is 0 Å². The summed E-state index contributed by atoms with van der Waals surface area (Å²) in [6.45, 7) is 2.42. The Bertz CT molecular complexity index is 337. The largest absolute Gasteiger partial charge is 0.312 e. The molecule has 1 atom stereocenters. The zero-order valence-corrected chi connectivity index (χ0v) is 14.8. The second-order valence-electron chi connectivity index (χ2n) is 7.63. The first-order valence-corrected chi connectivity index (χ1v) is 9.14. The van der Waals surface area contributed by atoms with Gasteiger partial charge < -0.3 is 10.2 Å². The van der Waals surface area contributed by atoms with Crippen LogP contribution in [0.1, 0.15) is 71.1 Å². The predicted octanol–water partition coefficient (Wildman–Crippen LogP) is 4.37. The van der Waals surface area contributed by atoms with Crippen LogP contribution in [0.2, 0.25) is 0 Å². The molecule has 2 heteroatoms. The highest BCUT2D eigenvalue weighted by atomic mass is 15.2.